The number of morpholine rings is 1. The molecule has 1 aliphatic rings. The van der Waals surface area contributed by atoms with Gasteiger partial charge in [0.25, 0.3) is 0 Å². The Kier molecular flexibility index (Phi) is 8.06. The van der Waals surface area contributed by atoms with Gasteiger partial charge >= 0.3 is 0 Å². The minimum atomic E-state index is -1.21. The maximum atomic E-state index is 13.5. The van der Waals surface area contributed by atoms with E-state index in [0.29, 0.717) is 38.0 Å². The van der Waals surface area contributed by atoms with Crippen molar-refractivity contribution in [2.75, 3.05) is 45.9 Å². The number of nitrogens with zero attached hydrogens (tertiary/aromatic N) is 2. The number of benzene rings is 1. The summed E-state index contributed by atoms with van der Waals surface area (Å²) in [5.41, 5.74) is -0.179. The molecule has 0 bridgehead atoms. The summed E-state index contributed by atoms with van der Waals surface area (Å²) in [4.78, 5) is 6.91. The lowest BCUT2D eigenvalue weighted by molar-refractivity contribution is 0.0169. The van der Waals surface area contributed by atoms with Crippen LogP contribution in [0.4, 0.5) is 4.39 Å². The topological polar surface area (TPSA) is 82.3 Å². The lowest BCUT2D eigenvalue weighted by atomic mass is 10.0. The molecule has 2 unspecified atom stereocenters. The zero-order valence-electron chi connectivity index (χ0n) is 18.5. The van der Waals surface area contributed by atoms with Gasteiger partial charge in [-0.05, 0) is 50.6 Å². The van der Waals surface area contributed by atoms with E-state index in [4.69, 9.17) is 9.15 Å². The number of aryl methyl sites for hydroxylation is 1. The molecule has 0 aliphatic carbocycles. The highest BCUT2D eigenvalue weighted by Gasteiger charge is 2.27. The van der Waals surface area contributed by atoms with Crippen molar-refractivity contribution in [1.29, 1.82) is 0 Å². The average Bonchev–Trinajstić information content (AvgIpc) is 3.21. The zero-order valence-corrected chi connectivity index (χ0v) is 18.5. The monoisotopic (exact) mass is 432 g/mol. The van der Waals surface area contributed by atoms with Crippen molar-refractivity contribution >= 4 is 5.96 Å². The van der Waals surface area contributed by atoms with Crippen LogP contribution in [0.2, 0.25) is 0 Å². The highest BCUT2D eigenvalue weighted by Crippen LogP contribution is 2.24. The van der Waals surface area contributed by atoms with E-state index in [2.05, 4.69) is 20.5 Å². The number of hydrogen-bond acceptors (Lipinski definition) is 5. The number of nitrogens with one attached hydrogen (secondary N) is 2. The van der Waals surface area contributed by atoms with Gasteiger partial charge in [0, 0.05) is 26.2 Å². The van der Waals surface area contributed by atoms with Gasteiger partial charge in [0.15, 0.2) is 5.96 Å². The minimum Gasteiger partial charge on any atom is -0.463 e. The molecule has 0 amide bonds. The molecule has 0 spiro atoms. The van der Waals surface area contributed by atoms with Crippen LogP contribution in [0.5, 0.6) is 0 Å². The van der Waals surface area contributed by atoms with E-state index < -0.39 is 5.60 Å². The molecule has 7 nitrogen and oxygen atoms in total. The molecule has 1 saturated heterocycles. The summed E-state index contributed by atoms with van der Waals surface area (Å²) in [5, 5.41) is 17.4. The highest BCUT2D eigenvalue weighted by atomic mass is 19.1. The van der Waals surface area contributed by atoms with E-state index in [1.54, 1.807) is 13.0 Å². The maximum absolute atomic E-state index is 13.5. The number of halogens is 1. The van der Waals surface area contributed by atoms with Crippen molar-refractivity contribution in [3.8, 4) is 0 Å². The van der Waals surface area contributed by atoms with Gasteiger partial charge in [-0.15, -0.1) is 0 Å². The first-order valence-corrected chi connectivity index (χ1v) is 10.8. The lowest BCUT2D eigenvalue weighted by Crippen LogP contribution is -2.46. The van der Waals surface area contributed by atoms with Crippen LogP contribution in [0.25, 0.3) is 0 Å². The summed E-state index contributed by atoms with van der Waals surface area (Å²) in [5.74, 6) is 1.59. The molecule has 1 aliphatic heterocycles. The van der Waals surface area contributed by atoms with Crippen molar-refractivity contribution in [1.82, 2.24) is 15.5 Å². The van der Waals surface area contributed by atoms with Crippen LogP contribution < -0.4 is 10.6 Å². The number of aliphatic imine (C=N–C) groups is 1. The molecule has 1 fully saturated rings. The Morgan fingerprint density at radius 1 is 1.19 bits per heavy atom. The molecular weight excluding hydrogens is 399 g/mol. The van der Waals surface area contributed by atoms with E-state index >= 15 is 0 Å². The Labute approximate surface area is 183 Å². The van der Waals surface area contributed by atoms with Gasteiger partial charge in [0.2, 0.25) is 0 Å². The number of rotatable bonds is 8. The number of hydrogen-bond donors (Lipinski definition) is 3. The van der Waals surface area contributed by atoms with E-state index in [1.807, 2.05) is 32.0 Å². The van der Waals surface area contributed by atoms with Gasteiger partial charge in [-0.2, -0.15) is 0 Å². The van der Waals surface area contributed by atoms with Crippen LogP contribution in [0.3, 0.4) is 0 Å². The first kappa shape index (κ1) is 23.2. The molecular formula is C23H33FN4O3. The normalized spacial score (nSPS) is 18.4. The van der Waals surface area contributed by atoms with Crippen LogP contribution in [0.1, 0.15) is 37.0 Å². The standard InChI is InChI=1S/C23H33FN4O3/c1-4-25-22(27-16-23(3,29)21-10-5-17(2)31-21)26-15-20(28-11-13-30-14-12-28)18-6-8-19(24)9-7-18/h5-10,20,29H,4,11-16H2,1-3H3,(H2,25,26,27). The van der Waals surface area contributed by atoms with Crippen molar-refractivity contribution in [3.63, 3.8) is 0 Å². The lowest BCUT2D eigenvalue weighted by Gasteiger charge is -2.35. The quantitative estimate of drug-likeness (QED) is 0.439. The molecule has 170 valence electrons. The van der Waals surface area contributed by atoms with Crippen molar-refractivity contribution < 1.29 is 18.7 Å². The molecule has 31 heavy (non-hydrogen) atoms. The molecule has 3 rings (SSSR count). The van der Waals surface area contributed by atoms with E-state index in [0.717, 1.165) is 24.4 Å². The Morgan fingerprint density at radius 3 is 2.52 bits per heavy atom. The van der Waals surface area contributed by atoms with Gasteiger partial charge in [-0.1, -0.05) is 12.1 Å². The van der Waals surface area contributed by atoms with Gasteiger partial charge in [-0.25, -0.2) is 9.38 Å². The maximum Gasteiger partial charge on any atom is 0.191 e. The van der Waals surface area contributed by atoms with E-state index in [9.17, 15) is 9.50 Å². The summed E-state index contributed by atoms with van der Waals surface area (Å²) in [6.07, 6.45) is 0. The summed E-state index contributed by atoms with van der Waals surface area (Å²) in [7, 11) is 0. The van der Waals surface area contributed by atoms with Crippen LogP contribution in [-0.2, 0) is 10.3 Å². The third kappa shape index (κ3) is 6.53. The Morgan fingerprint density at radius 2 is 1.90 bits per heavy atom. The average molecular weight is 433 g/mol. The van der Waals surface area contributed by atoms with E-state index in [-0.39, 0.29) is 18.4 Å². The van der Waals surface area contributed by atoms with Crippen LogP contribution >= 0.6 is 0 Å². The van der Waals surface area contributed by atoms with Crippen molar-refractivity contribution in [2.45, 2.75) is 32.4 Å². The van der Waals surface area contributed by atoms with Crippen molar-refractivity contribution in [3.05, 3.63) is 59.3 Å². The Balaban J connectivity index is 1.71. The van der Waals surface area contributed by atoms with E-state index in [1.165, 1.54) is 12.1 Å². The second-order valence-electron chi connectivity index (χ2n) is 7.98. The summed E-state index contributed by atoms with van der Waals surface area (Å²) in [6.45, 7) is 9.91. The summed E-state index contributed by atoms with van der Waals surface area (Å²) >= 11 is 0. The fourth-order valence-electron chi connectivity index (χ4n) is 3.60. The van der Waals surface area contributed by atoms with Crippen LogP contribution in [-0.4, -0.2) is 61.9 Å². The number of ether oxygens (including phenoxy) is 1. The smallest absolute Gasteiger partial charge is 0.191 e. The summed E-state index contributed by atoms with van der Waals surface area (Å²) < 4.78 is 24.5. The second kappa shape index (κ2) is 10.7. The first-order chi connectivity index (χ1) is 14.9. The fraction of sp³-hybridized carbons (Fsp3) is 0.522. The molecule has 2 heterocycles. The molecule has 0 saturated carbocycles. The molecule has 3 N–H and O–H groups in total. The fourth-order valence-corrected chi connectivity index (χ4v) is 3.60. The SMILES string of the molecule is CCNC(=NCC(C)(O)c1ccc(C)o1)NCC(c1ccc(F)cc1)N1CCOCC1. The zero-order chi connectivity index (χ0) is 22.3. The predicted octanol–water partition coefficient (Wildman–Crippen LogP) is 2.56. The first-order valence-electron chi connectivity index (χ1n) is 10.8. The highest BCUT2D eigenvalue weighted by molar-refractivity contribution is 5.79. The van der Waals surface area contributed by atoms with Gasteiger partial charge in [0.05, 0.1) is 25.8 Å². The van der Waals surface area contributed by atoms with Crippen LogP contribution in [0, 0.1) is 12.7 Å². The minimum absolute atomic E-state index is 0.0431. The number of aliphatic hydroxyl groups is 1. The van der Waals surface area contributed by atoms with Gasteiger partial charge in [0.1, 0.15) is 22.9 Å². The molecule has 2 aromatic rings. The molecule has 8 heteroatoms. The van der Waals surface area contributed by atoms with Crippen molar-refractivity contribution in [2.24, 2.45) is 4.99 Å². The second-order valence-corrected chi connectivity index (χ2v) is 7.98. The number of furan rings is 1. The largest absolute Gasteiger partial charge is 0.463 e. The molecule has 0 radical (unpaired) electrons. The Bertz CT molecular complexity index is 845. The third-order valence-electron chi connectivity index (χ3n) is 5.36. The molecule has 1 aromatic heterocycles. The van der Waals surface area contributed by atoms with Gasteiger partial charge in [-0.3, -0.25) is 4.90 Å². The third-order valence-corrected chi connectivity index (χ3v) is 5.36. The Hall–Kier alpha value is -2.42. The predicted molar refractivity (Wildman–Crippen MR) is 119 cm³/mol. The number of guanidine groups is 1. The van der Waals surface area contributed by atoms with Gasteiger partial charge < -0.3 is 24.9 Å². The van der Waals surface area contributed by atoms with Crippen LogP contribution in [0.15, 0.2) is 45.8 Å². The molecule has 2 atom stereocenters. The summed E-state index contributed by atoms with van der Waals surface area (Å²) in [6, 6.07) is 10.3. The molecule has 1 aromatic carbocycles.